The van der Waals surface area contributed by atoms with E-state index in [9.17, 15) is 0 Å². The van der Waals surface area contributed by atoms with Crippen LogP contribution in [0.4, 0.5) is 0 Å². The van der Waals surface area contributed by atoms with E-state index in [-0.39, 0.29) is 0 Å². The summed E-state index contributed by atoms with van der Waals surface area (Å²) in [6, 6.07) is 0. The van der Waals surface area contributed by atoms with Crippen molar-refractivity contribution in [2.45, 2.75) is 187 Å². The Morgan fingerprint density at radius 3 is 0.788 bits per heavy atom. The molecular weight excluding hydrogens is 396 g/mol. The largest absolute Gasteiger partial charge is 0.0882 e. The molecule has 0 heteroatoms. The van der Waals surface area contributed by atoms with Gasteiger partial charge < -0.3 is 0 Å². The molecule has 33 heavy (non-hydrogen) atoms. The Kier molecular flexibility index (Phi) is 31.0. The highest BCUT2D eigenvalue weighted by atomic mass is 14.0. The zero-order valence-corrected chi connectivity index (χ0v) is 23.4. The van der Waals surface area contributed by atoms with E-state index < -0.39 is 0 Å². The fourth-order valence-corrected chi connectivity index (χ4v) is 4.71. The van der Waals surface area contributed by atoms with E-state index in [0.717, 1.165) is 6.42 Å². The highest BCUT2D eigenvalue weighted by Gasteiger charge is 1.94. The van der Waals surface area contributed by atoms with Gasteiger partial charge in [0.05, 0.1) is 0 Å². The van der Waals surface area contributed by atoms with E-state index in [1.165, 1.54) is 167 Å². The summed E-state index contributed by atoms with van der Waals surface area (Å²) in [4.78, 5) is 0. The summed E-state index contributed by atoms with van der Waals surface area (Å²) in [5.74, 6) is 0. The molecule has 0 aromatic heterocycles. The molecule has 0 unspecified atom stereocenters. The van der Waals surface area contributed by atoms with Crippen LogP contribution in [-0.4, -0.2) is 0 Å². The lowest BCUT2D eigenvalue weighted by molar-refractivity contribution is 0.545. The van der Waals surface area contributed by atoms with E-state index >= 15 is 0 Å². The molecule has 0 bridgehead atoms. The maximum absolute atomic E-state index is 2.41. The van der Waals surface area contributed by atoms with Gasteiger partial charge in [0.25, 0.3) is 0 Å². The Bertz CT molecular complexity index is 341. The van der Waals surface area contributed by atoms with Gasteiger partial charge in [0, 0.05) is 0 Å². The first kappa shape index (κ1) is 32.5. The molecule has 0 fully saturated rings. The average Bonchev–Trinajstić information content (AvgIpc) is 2.83. The van der Waals surface area contributed by atoms with Crippen LogP contribution in [0.15, 0.2) is 24.3 Å². The second-order valence-corrected chi connectivity index (χ2v) is 10.5. The molecule has 0 aliphatic rings. The normalized spacial score (nSPS) is 11.9. The van der Waals surface area contributed by atoms with Gasteiger partial charge in [-0.15, -0.1) is 0 Å². The van der Waals surface area contributed by atoms with E-state index in [1.807, 2.05) is 0 Å². The fourth-order valence-electron chi connectivity index (χ4n) is 4.71. The average molecular weight is 461 g/mol. The molecule has 0 radical (unpaired) electrons. The first-order chi connectivity index (χ1) is 16.4. The van der Waals surface area contributed by atoms with E-state index in [1.54, 1.807) is 0 Å². The van der Waals surface area contributed by atoms with Crippen LogP contribution in [0.25, 0.3) is 0 Å². The van der Waals surface area contributed by atoms with Crippen LogP contribution in [0.5, 0.6) is 0 Å². The van der Waals surface area contributed by atoms with Crippen LogP contribution >= 0.6 is 0 Å². The van der Waals surface area contributed by atoms with Crippen LogP contribution in [-0.2, 0) is 0 Å². The van der Waals surface area contributed by atoms with Gasteiger partial charge in [-0.2, -0.15) is 0 Å². The summed E-state index contributed by atoms with van der Waals surface area (Å²) < 4.78 is 0. The zero-order valence-electron chi connectivity index (χ0n) is 23.4. The zero-order chi connectivity index (χ0) is 23.9. The van der Waals surface area contributed by atoms with Crippen LogP contribution < -0.4 is 0 Å². The van der Waals surface area contributed by atoms with Crippen LogP contribution in [0.1, 0.15) is 187 Å². The van der Waals surface area contributed by atoms with Gasteiger partial charge >= 0.3 is 0 Å². The Balaban J connectivity index is 3.14. The Hall–Kier alpha value is -0.520. The summed E-state index contributed by atoms with van der Waals surface area (Å²) in [6.45, 7) is 4.60. The molecule has 0 spiro atoms. The van der Waals surface area contributed by atoms with Crippen molar-refractivity contribution in [3.8, 4) is 0 Å². The van der Waals surface area contributed by atoms with E-state index in [2.05, 4.69) is 38.2 Å². The first-order valence-corrected chi connectivity index (χ1v) is 15.7. The van der Waals surface area contributed by atoms with Crippen molar-refractivity contribution in [3.63, 3.8) is 0 Å². The summed E-state index contributed by atoms with van der Waals surface area (Å²) in [5, 5.41) is 0. The third kappa shape index (κ3) is 31.5. The topological polar surface area (TPSA) is 0 Å². The molecule has 0 amide bonds. The lowest BCUT2D eigenvalue weighted by Gasteiger charge is -2.02. The summed E-state index contributed by atoms with van der Waals surface area (Å²) in [5.41, 5.74) is 0. The third-order valence-electron chi connectivity index (χ3n) is 7.05. The van der Waals surface area contributed by atoms with Gasteiger partial charge in [0.15, 0.2) is 0 Å². The quantitative estimate of drug-likeness (QED) is 0.0804. The molecule has 0 rings (SSSR count). The lowest BCUT2D eigenvalue weighted by Crippen LogP contribution is -1.82. The smallest absolute Gasteiger partial charge is 0.0169 e. The number of unbranched alkanes of at least 4 members (excludes halogenated alkanes) is 24. The van der Waals surface area contributed by atoms with Crippen molar-refractivity contribution in [1.82, 2.24) is 0 Å². The van der Waals surface area contributed by atoms with Gasteiger partial charge in [0.1, 0.15) is 0 Å². The van der Waals surface area contributed by atoms with Gasteiger partial charge in [-0.25, -0.2) is 0 Å². The summed E-state index contributed by atoms with van der Waals surface area (Å²) in [6.07, 6.45) is 47.9. The highest BCUT2D eigenvalue weighted by molar-refractivity contribution is 4.92. The van der Waals surface area contributed by atoms with Crippen molar-refractivity contribution >= 4 is 0 Å². The van der Waals surface area contributed by atoms with Gasteiger partial charge in [-0.1, -0.05) is 179 Å². The van der Waals surface area contributed by atoms with Crippen molar-refractivity contribution in [2.24, 2.45) is 0 Å². The number of rotatable bonds is 28. The summed E-state index contributed by atoms with van der Waals surface area (Å²) in [7, 11) is 0. The molecular formula is C33H64. The van der Waals surface area contributed by atoms with Crippen LogP contribution in [0.2, 0.25) is 0 Å². The molecule has 0 N–H and O–H groups in total. The maximum Gasteiger partial charge on any atom is -0.0169 e. The molecule has 0 aromatic carbocycles. The summed E-state index contributed by atoms with van der Waals surface area (Å²) >= 11 is 0. The van der Waals surface area contributed by atoms with Crippen LogP contribution in [0, 0.1) is 0 Å². The van der Waals surface area contributed by atoms with Gasteiger partial charge in [-0.05, 0) is 32.1 Å². The monoisotopic (exact) mass is 461 g/mol. The molecule has 0 heterocycles. The minimum atomic E-state index is 1.14. The van der Waals surface area contributed by atoms with Crippen molar-refractivity contribution < 1.29 is 0 Å². The molecule has 0 saturated heterocycles. The molecule has 196 valence electrons. The van der Waals surface area contributed by atoms with E-state index in [0.29, 0.717) is 0 Å². The van der Waals surface area contributed by atoms with Gasteiger partial charge in [-0.3, -0.25) is 0 Å². The van der Waals surface area contributed by atoms with Crippen LogP contribution in [0.3, 0.4) is 0 Å². The minimum absolute atomic E-state index is 1.14. The number of hydrogen-bond acceptors (Lipinski definition) is 0. The predicted molar refractivity (Wildman–Crippen MR) is 154 cm³/mol. The molecule has 0 nitrogen and oxygen atoms in total. The van der Waals surface area contributed by atoms with Crippen molar-refractivity contribution in [2.75, 3.05) is 0 Å². The molecule has 0 saturated carbocycles. The van der Waals surface area contributed by atoms with Crippen molar-refractivity contribution in [3.05, 3.63) is 24.3 Å². The fraction of sp³-hybridized carbons (Fsp3) is 0.879. The molecule has 0 atom stereocenters. The standard InChI is InChI=1S/C33H64/c1-3-5-7-9-11-13-15-17-19-21-23-25-27-29-31-33-32-30-28-26-24-22-20-18-16-14-12-10-8-6-4-2/h29-32H,3-28,33H2,1-2H3/b31-29-,32-30-. The Morgan fingerprint density at radius 1 is 0.273 bits per heavy atom. The van der Waals surface area contributed by atoms with E-state index in [4.69, 9.17) is 0 Å². The predicted octanol–water partition coefficient (Wildman–Crippen LogP) is 12.7. The molecule has 0 aromatic rings. The Labute approximate surface area is 211 Å². The minimum Gasteiger partial charge on any atom is -0.0882 e. The lowest BCUT2D eigenvalue weighted by atomic mass is 10.0. The molecule has 0 aliphatic heterocycles. The number of hydrogen-bond donors (Lipinski definition) is 0. The maximum atomic E-state index is 2.41. The third-order valence-corrected chi connectivity index (χ3v) is 7.05. The Morgan fingerprint density at radius 2 is 0.515 bits per heavy atom. The first-order valence-electron chi connectivity index (χ1n) is 15.7. The second kappa shape index (κ2) is 31.5. The SMILES string of the molecule is CCCCCCCCCCCCCC/C=C\C/C=C\CCCCCCCCCCCCCC. The number of allylic oxidation sites excluding steroid dienone is 4. The highest BCUT2D eigenvalue weighted by Crippen LogP contribution is 2.14. The second-order valence-electron chi connectivity index (χ2n) is 10.5. The molecule has 0 aliphatic carbocycles. The van der Waals surface area contributed by atoms with Crippen molar-refractivity contribution in [1.29, 1.82) is 0 Å². The van der Waals surface area contributed by atoms with Gasteiger partial charge in [0.2, 0.25) is 0 Å².